The third kappa shape index (κ3) is 4.10. The van der Waals surface area contributed by atoms with Gasteiger partial charge in [0.2, 0.25) is 0 Å². The molecular formula is C60H34. The van der Waals surface area contributed by atoms with E-state index < -0.39 is 0 Å². The van der Waals surface area contributed by atoms with Crippen molar-refractivity contribution in [2.24, 2.45) is 0 Å². The largest absolute Gasteiger partial charge is 0.0622 e. The summed E-state index contributed by atoms with van der Waals surface area (Å²) in [6.07, 6.45) is 0. The van der Waals surface area contributed by atoms with E-state index in [2.05, 4.69) is 206 Å². The number of benzene rings is 12. The molecule has 0 aliphatic heterocycles. The summed E-state index contributed by atoms with van der Waals surface area (Å²) in [6.45, 7) is 0. The molecule has 0 aliphatic carbocycles. The van der Waals surface area contributed by atoms with Gasteiger partial charge in [-0.3, -0.25) is 0 Å². The number of hydrogen-bond acceptors (Lipinski definition) is 0. The third-order valence-electron chi connectivity index (χ3n) is 13.6. The van der Waals surface area contributed by atoms with E-state index in [9.17, 15) is 0 Å². The maximum Gasteiger partial charge on any atom is -0.0000928 e. The van der Waals surface area contributed by atoms with Crippen LogP contribution >= 0.6 is 0 Å². The first kappa shape index (κ1) is 32.2. The molecule has 274 valence electrons. The zero-order valence-corrected chi connectivity index (χ0v) is 32.6. The van der Waals surface area contributed by atoms with Gasteiger partial charge in [0.15, 0.2) is 0 Å². The SMILES string of the molecule is c1ccc(-c2c3c(-c4ccccc4)c4c5ccc6ccc7cccc8cc(c4c(-c4ccccc4)c3c(-c3ccccc3)c3c4cccc9cccc(c23)c94)c5c6c78)cc1. The van der Waals surface area contributed by atoms with Crippen LogP contribution in [-0.2, 0) is 0 Å². The fourth-order valence-corrected chi connectivity index (χ4v) is 11.4. The van der Waals surface area contributed by atoms with E-state index in [0.29, 0.717) is 0 Å². The first-order valence-corrected chi connectivity index (χ1v) is 21.0. The molecule has 0 saturated carbocycles. The minimum absolute atomic E-state index is 1.23. The second kappa shape index (κ2) is 11.9. The van der Waals surface area contributed by atoms with Gasteiger partial charge < -0.3 is 0 Å². The first-order valence-electron chi connectivity index (χ1n) is 21.0. The lowest BCUT2D eigenvalue weighted by Crippen LogP contribution is -1.96. The van der Waals surface area contributed by atoms with Crippen molar-refractivity contribution in [3.05, 3.63) is 206 Å². The maximum absolute atomic E-state index is 2.51. The summed E-state index contributed by atoms with van der Waals surface area (Å²) < 4.78 is 0. The Morgan fingerprint density at radius 1 is 0.167 bits per heavy atom. The van der Waals surface area contributed by atoms with E-state index in [1.54, 1.807) is 0 Å². The molecule has 0 aromatic heterocycles. The molecule has 0 bridgehead atoms. The van der Waals surface area contributed by atoms with Crippen LogP contribution in [0.1, 0.15) is 0 Å². The lowest BCUT2D eigenvalue weighted by Gasteiger charge is -2.24. The van der Waals surface area contributed by atoms with E-state index in [0.717, 1.165) is 0 Å². The van der Waals surface area contributed by atoms with Gasteiger partial charge >= 0.3 is 0 Å². The van der Waals surface area contributed by atoms with Crippen LogP contribution < -0.4 is 0 Å². The predicted molar refractivity (Wildman–Crippen MR) is 259 cm³/mol. The van der Waals surface area contributed by atoms with Crippen LogP contribution in [0.3, 0.4) is 0 Å². The van der Waals surface area contributed by atoms with Gasteiger partial charge in [0.05, 0.1) is 0 Å². The highest BCUT2D eigenvalue weighted by molar-refractivity contribution is 6.49. The zero-order chi connectivity index (χ0) is 39.1. The Morgan fingerprint density at radius 2 is 0.517 bits per heavy atom. The van der Waals surface area contributed by atoms with Crippen LogP contribution in [0.25, 0.3) is 141 Å². The second-order valence-electron chi connectivity index (χ2n) is 16.6. The molecule has 0 heteroatoms. The maximum atomic E-state index is 2.51. The quantitative estimate of drug-likeness (QED) is 0.157. The smallest absolute Gasteiger partial charge is 0.0000928 e. The van der Waals surface area contributed by atoms with Gasteiger partial charge in [-0.1, -0.05) is 200 Å². The number of rotatable bonds is 4. The molecule has 14 aromatic carbocycles. The standard InChI is InChI=1S/C60H34/c1-5-16-36(17-6-1)50-55-43-28-14-25-35-26-15-29-44(48(35)43)56(55)51(37-18-7-2-8-19-37)60-53(39-22-11-4-12-23-39)58-46-34-42-27-13-24-40-30-31-41-32-33-45(54(46)49(41)47(40)42)57(58)52(59(50)60)38-20-9-3-10-21-38/h1-34H. The molecule has 0 N–H and O–H groups in total. The molecule has 0 atom stereocenters. The fraction of sp³-hybridized carbons (Fsp3) is 0. The molecule has 0 saturated heterocycles. The Bertz CT molecular complexity index is 3990. The fourth-order valence-electron chi connectivity index (χ4n) is 11.4. The van der Waals surface area contributed by atoms with Gasteiger partial charge in [-0.05, 0) is 148 Å². The topological polar surface area (TPSA) is 0 Å². The molecular weight excluding hydrogens is 721 g/mol. The van der Waals surface area contributed by atoms with E-state index in [1.165, 1.54) is 141 Å². The van der Waals surface area contributed by atoms with Gasteiger partial charge in [-0.2, -0.15) is 0 Å². The molecule has 0 unspecified atom stereocenters. The van der Waals surface area contributed by atoms with Crippen LogP contribution in [0.5, 0.6) is 0 Å². The molecule has 14 aromatic rings. The summed E-state index contributed by atoms with van der Waals surface area (Å²) in [5.41, 5.74) is 10.1. The second-order valence-corrected chi connectivity index (χ2v) is 16.6. The van der Waals surface area contributed by atoms with E-state index >= 15 is 0 Å². The Balaban J connectivity index is 1.42. The van der Waals surface area contributed by atoms with Crippen molar-refractivity contribution in [3.63, 3.8) is 0 Å². The van der Waals surface area contributed by atoms with Crippen LogP contribution in [0.2, 0.25) is 0 Å². The minimum Gasteiger partial charge on any atom is -0.0622 e. The van der Waals surface area contributed by atoms with Gasteiger partial charge in [-0.15, -0.1) is 0 Å². The van der Waals surface area contributed by atoms with Crippen molar-refractivity contribution in [2.75, 3.05) is 0 Å². The average Bonchev–Trinajstić information content (AvgIpc) is 3.82. The van der Waals surface area contributed by atoms with Crippen LogP contribution in [0.15, 0.2) is 206 Å². The first-order chi connectivity index (χ1) is 29.8. The third-order valence-corrected chi connectivity index (χ3v) is 13.6. The molecule has 0 spiro atoms. The molecule has 0 radical (unpaired) electrons. The minimum atomic E-state index is 1.23. The molecule has 0 fully saturated rings. The lowest BCUT2D eigenvalue weighted by molar-refractivity contribution is 1.65. The van der Waals surface area contributed by atoms with E-state index in [1.807, 2.05) is 0 Å². The summed E-state index contributed by atoms with van der Waals surface area (Å²) >= 11 is 0. The summed E-state index contributed by atoms with van der Waals surface area (Å²) in [7, 11) is 0. The Labute approximate surface area is 346 Å². The number of fused-ring (bicyclic) bond motifs is 7. The predicted octanol–water partition coefficient (Wildman–Crippen LogP) is 17.0. The molecule has 0 amide bonds. The van der Waals surface area contributed by atoms with Crippen LogP contribution in [0, 0.1) is 0 Å². The molecule has 0 aliphatic rings. The monoisotopic (exact) mass is 754 g/mol. The van der Waals surface area contributed by atoms with Crippen molar-refractivity contribution in [3.8, 4) is 44.5 Å². The van der Waals surface area contributed by atoms with E-state index in [4.69, 9.17) is 0 Å². The van der Waals surface area contributed by atoms with E-state index in [-0.39, 0.29) is 0 Å². The van der Waals surface area contributed by atoms with Crippen LogP contribution in [-0.4, -0.2) is 0 Å². The highest BCUT2D eigenvalue weighted by Crippen LogP contribution is 2.60. The molecule has 0 heterocycles. The molecule has 14 rings (SSSR count). The normalized spacial score (nSPS) is 12.3. The van der Waals surface area contributed by atoms with Crippen molar-refractivity contribution in [2.45, 2.75) is 0 Å². The Morgan fingerprint density at radius 3 is 0.983 bits per heavy atom. The van der Waals surface area contributed by atoms with Crippen molar-refractivity contribution < 1.29 is 0 Å². The van der Waals surface area contributed by atoms with Gasteiger partial charge in [0.25, 0.3) is 0 Å². The van der Waals surface area contributed by atoms with Crippen LogP contribution in [0.4, 0.5) is 0 Å². The van der Waals surface area contributed by atoms with Gasteiger partial charge in [0, 0.05) is 0 Å². The summed E-state index contributed by atoms with van der Waals surface area (Å²) in [4.78, 5) is 0. The summed E-state index contributed by atoms with van der Waals surface area (Å²) in [5, 5.41) is 23.7. The summed E-state index contributed by atoms with van der Waals surface area (Å²) in [6, 6.07) is 77.5. The lowest BCUT2D eigenvalue weighted by atomic mass is 9.78. The Kier molecular flexibility index (Phi) is 6.38. The molecule has 60 heavy (non-hydrogen) atoms. The highest BCUT2D eigenvalue weighted by Gasteiger charge is 2.31. The summed E-state index contributed by atoms with van der Waals surface area (Å²) in [5.74, 6) is 0. The van der Waals surface area contributed by atoms with Gasteiger partial charge in [0.1, 0.15) is 0 Å². The zero-order valence-electron chi connectivity index (χ0n) is 32.6. The van der Waals surface area contributed by atoms with Crippen molar-refractivity contribution >= 4 is 97.0 Å². The molecule has 0 nitrogen and oxygen atoms in total. The number of hydrogen-bond donors (Lipinski definition) is 0. The van der Waals surface area contributed by atoms with Crippen molar-refractivity contribution in [1.82, 2.24) is 0 Å². The van der Waals surface area contributed by atoms with Gasteiger partial charge in [-0.25, -0.2) is 0 Å². The Hall–Kier alpha value is -7.80. The average molecular weight is 755 g/mol. The van der Waals surface area contributed by atoms with Crippen molar-refractivity contribution in [1.29, 1.82) is 0 Å². The highest BCUT2D eigenvalue weighted by atomic mass is 14.3.